The Bertz CT molecular complexity index is 343. The number of rotatable bonds is 9. The zero-order chi connectivity index (χ0) is 16.7. The maximum atomic E-state index is 12.6. The number of carboxylic acids is 1. The predicted octanol–water partition coefficient (Wildman–Crippen LogP) is 4.42. The molecule has 0 aliphatic heterocycles. The van der Waals surface area contributed by atoms with Crippen molar-refractivity contribution in [1.82, 2.24) is 0 Å². The highest BCUT2D eigenvalue weighted by Gasteiger charge is 2.55. The Morgan fingerprint density at radius 2 is 1.67 bits per heavy atom. The average molecular weight is 300 g/mol. The molecule has 0 aromatic heterocycles. The van der Waals surface area contributed by atoms with Crippen molar-refractivity contribution in [3.63, 3.8) is 0 Å². The van der Waals surface area contributed by atoms with Crippen LogP contribution in [-0.2, 0) is 14.3 Å². The van der Waals surface area contributed by atoms with Gasteiger partial charge in [0.25, 0.3) is 0 Å². The number of unbranched alkanes of at least 4 members (excludes halogenated alkanes) is 2. The maximum absolute atomic E-state index is 12.6. The van der Waals surface area contributed by atoms with Crippen molar-refractivity contribution >= 4 is 11.9 Å². The highest BCUT2D eigenvalue weighted by atomic mass is 16.5. The van der Waals surface area contributed by atoms with Crippen LogP contribution in [0, 0.1) is 10.8 Å². The van der Waals surface area contributed by atoms with Gasteiger partial charge < -0.3 is 9.84 Å². The number of aliphatic carboxylic acids is 1. The second-order valence-electron chi connectivity index (χ2n) is 6.75. The zero-order valence-electron chi connectivity index (χ0n) is 14.5. The first-order valence-electron chi connectivity index (χ1n) is 8.11. The van der Waals surface area contributed by atoms with Gasteiger partial charge in [-0.3, -0.25) is 9.59 Å². The van der Waals surface area contributed by atoms with E-state index in [0.29, 0.717) is 0 Å². The molecule has 0 saturated carbocycles. The Kier molecular flexibility index (Phi) is 7.98. The Morgan fingerprint density at radius 3 is 2.00 bits per heavy atom. The number of carbonyl (C=O) groups excluding carboxylic acids is 1. The summed E-state index contributed by atoms with van der Waals surface area (Å²) in [7, 11) is 0. The molecule has 0 bridgehead atoms. The lowest BCUT2D eigenvalue weighted by molar-refractivity contribution is -0.182. The summed E-state index contributed by atoms with van der Waals surface area (Å²) >= 11 is 0. The minimum atomic E-state index is -1.48. The zero-order valence-corrected chi connectivity index (χ0v) is 14.5. The third kappa shape index (κ3) is 4.72. The quantitative estimate of drug-likeness (QED) is 0.389. The van der Waals surface area contributed by atoms with Crippen LogP contribution in [0.25, 0.3) is 0 Å². The molecule has 4 nitrogen and oxygen atoms in total. The molecule has 0 heterocycles. The Balaban J connectivity index is 5.10. The molecule has 0 aromatic carbocycles. The second kappa shape index (κ2) is 8.40. The normalized spacial score (nSPS) is 16.1. The van der Waals surface area contributed by atoms with Gasteiger partial charge in [-0.05, 0) is 31.1 Å². The van der Waals surface area contributed by atoms with E-state index >= 15 is 0 Å². The SMILES string of the molecule is CCCCCC(CC)OC(=O)C(CC)(C(=O)O)C(C)(C)C. The van der Waals surface area contributed by atoms with Gasteiger partial charge >= 0.3 is 11.9 Å². The predicted molar refractivity (Wildman–Crippen MR) is 84.1 cm³/mol. The van der Waals surface area contributed by atoms with Crippen LogP contribution in [0.15, 0.2) is 0 Å². The van der Waals surface area contributed by atoms with Crippen molar-refractivity contribution < 1.29 is 19.4 Å². The van der Waals surface area contributed by atoms with Gasteiger partial charge in [0.2, 0.25) is 0 Å². The highest BCUT2D eigenvalue weighted by molar-refractivity contribution is 6.00. The fourth-order valence-electron chi connectivity index (χ4n) is 2.76. The third-order valence-electron chi connectivity index (χ3n) is 4.38. The third-order valence-corrected chi connectivity index (χ3v) is 4.38. The maximum Gasteiger partial charge on any atom is 0.324 e. The lowest BCUT2D eigenvalue weighted by Crippen LogP contribution is -2.50. The van der Waals surface area contributed by atoms with E-state index in [1.54, 1.807) is 27.7 Å². The average Bonchev–Trinajstić information content (AvgIpc) is 2.36. The van der Waals surface area contributed by atoms with Gasteiger partial charge in [-0.2, -0.15) is 0 Å². The molecule has 124 valence electrons. The molecule has 0 aliphatic rings. The number of hydrogen-bond donors (Lipinski definition) is 1. The molecule has 0 rings (SSSR count). The lowest BCUT2D eigenvalue weighted by Gasteiger charge is -2.38. The molecular weight excluding hydrogens is 268 g/mol. The first-order chi connectivity index (χ1) is 9.67. The Morgan fingerprint density at radius 1 is 1.10 bits per heavy atom. The summed E-state index contributed by atoms with van der Waals surface area (Å²) in [5, 5.41) is 9.63. The monoisotopic (exact) mass is 300 g/mol. The highest BCUT2D eigenvalue weighted by Crippen LogP contribution is 2.43. The number of esters is 1. The number of ether oxygens (including phenoxy) is 1. The van der Waals surface area contributed by atoms with E-state index in [2.05, 4.69) is 6.92 Å². The smallest absolute Gasteiger partial charge is 0.324 e. The van der Waals surface area contributed by atoms with Crippen LogP contribution >= 0.6 is 0 Å². The molecule has 0 aliphatic carbocycles. The van der Waals surface area contributed by atoms with Crippen LogP contribution in [0.4, 0.5) is 0 Å². The van der Waals surface area contributed by atoms with E-state index in [0.717, 1.165) is 32.1 Å². The molecule has 0 aromatic rings. The van der Waals surface area contributed by atoms with Crippen molar-refractivity contribution in [1.29, 1.82) is 0 Å². The van der Waals surface area contributed by atoms with E-state index < -0.39 is 22.8 Å². The van der Waals surface area contributed by atoms with E-state index in [1.165, 1.54) is 0 Å². The van der Waals surface area contributed by atoms with Gasteiger partial charge in [0.1, 0.15) is 6.10 Å². The largest absolute Gasteiger partial charge is 0.480 e. The summed E-state index contributed by atoms with van der Waals surface area (Å²) < 4.78 is 5.57. The minimum absolute atomic E-state index is 0.184. The standard InChI is InChI=1S/C17H32O4/c1-7-10-11-12-13(8-2)21-15(20)17(9-3,14(18)19)16(4,5)6/h13H,7-12H2,1-6H3,(H,18,19). The van der Waals surface area contributed by atoms with E-state index in [4.69, 9.17) is 4.74 Å². The number of hydrogen-bond acceptors (Lipinski definition) is 3. The fourth-order valence-corrected chi connectivity index (χ4v) is 2.76. The van der Waals surface area contributed by atoms with Gasteiger partial charge in [0.15, 0.2) is 5.41 Å². The Hall–Kier alpha value is -1.06. The van der Waals surface area contributed by atoms with Crippen LogP contribution in [0.1, 0.15) is 80.1 Å². The molecule has 0 fully saturated rings. The number of carboxylic acid groups (broad SMARTS) is 1. The van der Waals surface area contributed by atoms with Gasteiger partial charge in [-0.25, -0.2) is 0 Å². The van der Waals surface area contributed by atoms with Crippen molar-refractivity contribution in [3.8, 4) is 0 Å². The topological polar surface area (TPSA) is 63.6 Å². The molecule has 4 heteroatoms. The van der Waals surface area contributed by atoms with Crippen LogP contribution in [0.3, 0.4) is 0 Å². The van der Waals surface area contributed by atoms with Crippen LogP contribution < -0.4 is 0 Å². The van der Waals surface area contributed by atoms with E-state index in [-0.39, 0.29) is 12.5 Å². The molecule has 0 amide bonds. The van der Waals surface area contributed by atoms with Crippen molar-refractivity contribution in [2.24, 2.45) is 10.8 Å². The van der Waals surface area contributed by atoms with Gasteiger partial charge in [-0.1, -0.05) is 54.4 Å². The van der Waals surface area contributed by atoms with Crippen molar-refractivity contribution in [2.45, 2.75) is 86.2 Å². The lowest BCUT2D eigenvalue weighted by atomic mass is 9.65. The first-order valence-corrected chi connectivity index (χ1v) is 8.11. The van der Waals surface area contributed by atoms with E-state index in [1.807, 2.05) is 6.92 Å². The fraction of sp³-hybridized carbons (Fsp3) is 0.882. The molecule has 0 saturated heterocycles. The summed E-state index contributed by atoms with van der Waals surface area (Å²) in [5.74, 6) is -1.68. The van der Waals surface area contributed by atoms with Crippen LogP contribution in [0.5, 0.6) is 0 Å². The van der Waals surface area contributed by atoms with Gasteiger partial charge in [0.05, 0.1) is 0 Å². The Labute approximate surface area is 129 Å². The van der Waals surface area contributed by atoms with E-state index in [9.17, 15) is 14.7 Å². The summed E-state index contributed by atoms with van der Waals surface area (Å²) in [5.41, 5.74) is -2.17. The molecular formula is C17H32O4. The summed E-state index contributed by atoms with van der Waals surface area (Å²) in [6.45, 7) is 11.2. The molecule has 1 N–H and O–H groups in total. The van der Waals surface area contributed by atoms with Crippen LogP contribution in [0.2, 0.25) is 0 Å². The van der Waals surface area contributed by atoms with Gasteiger partial charge in [0, 0.05) is 0 Å². The van der Waals surface area contributed by atoms with Crippen LogP contribution in [-0.4, -0.2) is 23.1 Å². The summed E-state index contributed by atoms with van der Waals surface area (Å²) in [6, 6.07) is 0. The summed E-state index contributed by atoms with van der Waals surface area (Å²) in [6.07, 6.45) is 4.79. The first kappa shape index (κ1) is 19.9. The minimum Gasteiger partial charge on any atom is -0.480 e. The summed E-state index contributed by atoms with van der Waals surface area (Å²) in [4.78, 5) is 24.4. The molecule has 2 atom stereocenters. The molecule has 0 radical (unpaired) electrons. The molecule has 21 heavy (non-hydrogen) atoms. The van der Waals surface area contributed by atoms with Crippen molar-refractivity contribution in [2.75, 3.05) is 0 Å². The second-order valence-corrected chi connectivity index (χ2v) is 6.75. The number of carbonyl (C=O) groups is 2. The molecule has 2 unspecified atom stereocenters. The van der Waals surface area contributed by atoms with Gasteiger partial charge in [-0.15, -0.1) is 0 Å². The van der Waals surface area contributed by atoms with Crippen molar-refractivity contribution in [3.05, 3.63) is 0 Å². The molecule has 0 spiro atoms.